The number of hydrogen-bond acceptors (Lipinski definition) is 5. The van der Waals surface area contributed by atoms with E-state index in [1.165, 1.54) is 5.56 Å². The molecule has 0 unspecified atom stereocenters. The summed E-state index contributed by atoms with van der Waals surface area (Å²) in [6.45, 7) is 7.44. The Morgan fingerprint density at radius 3 is 2.95 bits per heavy atom. The smallest absolute Gasteiger partial charge is 0.232 e. The molecule has 0 spiro atoms. The second kappa shape index (κ2) is 5.39. The number of para-hydroxylation sites is 1. The van der Waals surface area contributed by atoms with E-state index in [0.717, 1.165) is 30.8 Å². The predicted molar refractivity (Wildman–Crippen MR) is 80.6 cm³/mol. The van der Waals surface area contributed by atoms with E-state index in [0.29, 0.717) is 18.3 Å². The number of rotatable bonds is 3. The molecule has 0 bridgehead atoms. The molecule has 0 atom stereocenters. The maximum atomic E-state index is 5.87. The fourth-order valence-electron chi connectivity index (χ4n) is 2.36. The number of nitrogens with zero attached hydrogens (tertiary/aromatic N) is 2. The Kier molecular flexibility index (Phi) is 3.57. The minimum atomic E-state index is -0.140. The van der Waals surface area contributed by atoms with Crippen molar-refractivity contribution in [1.82, 2.24) is 10.1 Å². The number of nitrogens with one attached hydrogen (secondary N) is 1. The predicted octanol–water partition coefficient (Wildman–Crippen LogP) is 3.30. The molecule has 1 aliphatic heterocycles. The fraction of sp³-hybridized carbons (Fsp3) is 0.500. The average Bonchev–Trinajstić information content (AvgIpc) is 2.94. The Morgan fingerprint density at radius 2 is 2.19 bits per heavy atom. The lowest BCUT2D eigenvalue weighted by Crippen LogP contribution is -2.13. The van der Waals surface area contributed by atoms with Gasteiger partial charge in [-0.3, -0.25) is 0 Å². The van der Waals surface area contributed by atoms with Crippen LogP contribution in [-0.4, -0.2) is 16.7 Å². The average molecular weight is 287 g/mol. The molecule has 21 heavy (non-hydrogen) atoms. The summed E-state index contributed by atoms with van der Waals surface area (Å²) in [7, 11) is 0. The number of anilines is 1. The Morgan fingerprint density at radius 1 is 1.33 bits per heavy atom. The van der Waals surface area contributed by atoms with E-state index < -0.39 is 0 Å². The highest BCUT2D eigenvalue weighted by Gasteiger charge is 2.22. The molecular weight excluding hydrogens is 266 g/mol. The number of fused-ring (bicyclic) bond motifs is 1. The first kappa shape index (κ1) is 13.9. The van der Waals surface area contributed by atoms with Crippen molar-refractivity contribution in [3.8, 4) is 5.75 Å². The van der Waals surface area contributed by atoms with Gasteiger partial charge in [-0.25, -0.2) is 0 Å². The minimum absolute atomic E-state index is 0.140. The molecule has 0 aliphatic carbocycles. The zero-order chi connectivity index (χ0) is 14.9. The molecule has 5 heteroatoms. The second-order valence-electron chi connectivity index (χ2n) is 6.38. The van der Waals surface area contributed by atoms with E-state index in [2.05, 4.69) is 21.5 Å². The Hall–Kier alpha value is -2.04. The molecule has 5 nitrogen and oxygen atoms in total. The molecule has 0 amide bonds. The lowest BCUT2D eigenvalue weighted by atomic mass is 9.97. The lowest BCUT2D eigenvalue weighted by molar-refractivity contribution is 0.280. The molecule has 1 aromatic heterocycles. The van der Waals surface area contributed by atoms with Crippen LogP contribution in [0.4, 0.5) is 5.69 Å². The van der Waals surface area contributed by atoms with Crippen LogP contribution in [0.25, 0.3) is 0 Å². The van der Waals surface area contributed by atoms with Crippen molar-refractivity contribution in [3.63, 3.8) is 0 Å². The van der Waals surface area contributed by atoms with Crippen molar-refractivity contribution in [2.24, 2.45) is 0 Å². The summed E-state index contributed by atoms with van der Waals surface area (Å²) in [6.07, 6.45) is 2.26. The van der Waals surface area contributed by atoms with Crippen LogP contribution in [0.5, 0.6) is 5.75 Å². The van der Waals surface area contributed by atoms with Gasteiger partial charge in [-0.15, -0.1) is 0 Å². The molecule has 1 aromatic carbocycles. The van der Waals surface area contributed by atoms with Gasteiger partial charge in [-0.05, 0) is 24.5 Å². The van der Waals surface area contributed by atoms with Crippen LogP contribution in [0.2, 0.25) is 0 Å². The van der Waals surface area contributed by atoms with Gasteiger partial charge in [-0.1, -0.05) is 38.1 Å². The lowest BCUT2D eigenvalue weighted by Gasteiger charge is -2.20. The molecule has 0 saturated heterocycles. The van der Waals surface area contributed by atoms with Crippen LogP contribution < -0.4 is 10.1 Å². The van der Waals surface area contributed by atoms with E-state index in [9.17, 15) is 0 Å². The highest BCUT2D eigenvalue weighted by Crippen LogP contribution is 2.32. The first-order chi connectivity index (χ1) is 10.0. The zero-order valence-corrected chi connectivity index (χ0v) is 12.8. The molecule has 0 fully saturated rings. The summed E-state index contributed by atoms with van der Waals surface area (Å²) >= 11 is 0. The van der Waals surface area contributed by atoms with E-state index >= 15 is 0 Å². The first-order valence-electron chi connectivity index (χ1n) is 7.35. The standard InChI is InChI=1S/C16H21N3O2/c1-16(2,3)15-18-13(19-21-15)10-20-12-8-4-6-11-7-5-9-17-14(11)12/h4,6,8,17H,5,7,9-10H2,1-3H3. The maximum absolute atomic E-state index is 5.87. The summed E-state index contributed by atoms with van der Waals surface area (Å²) in [5.74, 6) is 2.07. The molecule has 1 aliphatic rings. The number of hydrogen-bond donors (Lipinski definition) is 1. The van der Waals surface area contributed by atoms with Gasteiger partial charge in [0.15, 0.2) is 6.61 Å². The third kappa shape index (κ3) is 3.01. The van der Waals surface area contributed by atoms with E-state index in [1.54, 1.807) is 0 Å². The number of ether oxygens (including phenoxy) is 1. The Bertz CT molecular complexity index is 629. The van der Waals surface area contributed by atoms with E-state index in [4.69, 9.17) is 9.26 Å². The summed E-state index contributed by atoms with van der Waals surface area (Å²) in [5, 5.41) is 7.39. The molecule has 2 aromatic rings. The number of benzene rings is 1. The van der Waals surface area contributed by atoms with Gasteiger partial charge >= 0.3 is 0 Å². The maximum Gasteiger partial charge on any atom is 0.232 e. The minimum Gasteiger partial charge on any atom is -0.483 e. The van der Waals surface area contributed by atoms with Gasteiger partial charge in [0, 0.05) is 12.0 Å². The van der Waals surface area contributed by atoms with E-state index in [-0.39, 0.29) is 5.41 Å². The SMILES string of the molecule is CC(C)(C)c1nc(COc2cccc3c2NCCC3)no1. The van der Waals surface area contributed by atoms with Crippen LogP contribution >= 0.6 is 0 Å². The quantitative estimate of drug-likeness (QED) is 0.938. The van der Waals surface area contributed by atoms with Gasteiger partial charge < -0.3 is 14.6 Å². The topological polar surface area (TPSA) is 60.2 Å². The molecule has 1 N–H and O–H groups in total. The normalized spacial score (nSPS) is 14.4. The van der Waals surface area contributed by atoms with Crippen LogP contribution in [0, 0.1) is 0 Å². The summed E-state index contributed by atoms with van der Waals surface area (Å²) in [6, 6.07) is 6.14. The fourth-order valence-corrected chi connectivity index (χ4v) is 2.36. The van der Waals surface area contributed by atoms with Gasteiger partial charge in [0.05, 0.1) is 5.69 Å². The highest BCUT2D eigenvalue weighted by atomic mass is 16.5. The third-order valence-corrected chi connectivity index (χ3v) is 3.50. The first-order valence-corrected chi connectivity index (χ1v) is 7.35. The van der Waals surface area contributed by atoms with Crippen LogP contribution in [0.1, 0.15) is 44.5 Å². The second-order valence-corrected chi connectivity index (χ2v) is 6.38. The molecule has 0 radical (unpaired) electrons. The number of aromatic nitrogens is 2. The summed E-state index contributed by atoms with van der Waals surface area (Å²) in [5.41, 5.74) is 2.27. The van der Waals surface area contributed by atoms with Gasteiger partial charge in [0.1, 0.15) is 5.75 Å². The van der Waals surface area contributed by atoms with Gasteiger partial charge in [0.25, 0.3) is 0 Å². The highest BCUT2D eigenvalue weighted by molar-refractivity contribution is 5.63. The van der Waals surface area contributed by atoms with Crippen molar-refractivity contribution in [2.75, 3.05) is 11.9 Å². The van der Waals surface area contributed by atoms with Crippen molar-refractivity contribution < 1.29 is 9.26 Å². The zero-order valence-electron chi connectivity index (χ0n) is 12.8. The third-order valence-electron chi connectivity index (χ3n) is 3.50. The monoisotopic (exact) mass is 287 g/mol. The van der Waals surface area contributed by atoms with Crippen molar-refractivity contribution >= 4 is 5.69 Å². The van der Waals surface area contributed by atoms with Crippen molar-refractivity contribution in [3.05, 3.63) is 35.5 Å². The number of aryl methyl sites for hydroxylation is 1. The van der Waals surface area contributed by atoms with E-state index in [1.807, 2.05) is 32.9 Å². The molecule has 112 valence electrons. The van der Waals surface area contributed by atoms with Gasteiger partial charge in [-0.2, -0.15) is 4.98 Å². The Labute approximate surface area is 124 Å². The van der Waals surface area contributed by atoms with Crippen molar-refractivity contribution in [1.29, 1.82) is 0 Å². The molecule has 3 rings (SSSR count). The summed E-state index contributed by atoms with van der Waals surface area (Å²) in [4.78, 5) is 4.39. The van der Waals surface area contributed by atoms with Crippen LogP contribution in [0.15, 0.2) is 22.7 Å². The van der Waals surface area contributed by atoms with Crippen LogP contribution in [-0.2, 0) is 18.4 Å². The molecule has 0 saturated carbocycles. The largest absolute Gasteiger partial charge is 0.483 e. The molecular formula is C16H21N3O2. The Balaban J connectivity index is 1.72. The molecule has 2 heterocycles. The van der Waals surface area contributed by atoms with Crippen molar-refractivity contribution in [2.45, 2.75) is 45.6 Å². The van der Waals surface area contributed by atoms with Gasteiger partial charge in [0.2, 0.25) is 11.7 Å². The summed E-state index contributed by atoms with van der Waals surface area (Å²) < 4.78 is 11.1. The van der Waals surface area contributed by atoms with Crippen LogP contribution in [0.3, 0.4) is 0 Å².